The lowest BCUT2D eigenvalue weighted by Gasteiger charge is -2.50. The van der Waals surface area contributed by atoms with E-state index >= 15 is 4.79 Å². The van der Waals surface area contributed by atoms with E-state index in [0.717, 1.165) is 5.57 Å². The quantitative estimate of drug-likeness (QED) is 0.122. The van der Waals surface area contributed by atoms with Gasteiger partial charge in [0.1, 0.15) is 5.75 Å². The Labute approximate surface area is 306 Å². The summed E-state index contributed by atoms with van der Waals surface area (Å²) < 4.78 is 0. The molecule has 4 aliphatic rings. The van der Waals surface area contributed by atoms with Crippen LogP contribution in [0.2, 0.25) is 5.02 Å². The molecular weight excluding hydrogens is 676 g/mol. The van der Waals surface area contributed by atoms with Crippen LogP contribution in [0.25, 0.3) is 0 Å². The first kappa shape index (κ1) is 33.5. The Bertz CT molecular complexity index is 2230. The Morgan fingerprint density at radius 3 is 2.29 bits per heavy atom. The number of hydrogen-bond acceptors (Lipinski definition) is 6. The van der Waals surface area contributed by atoms with Crippen LogP contribution in [0, 0.1) is 23.7 Å². The average molecular weight is 711 g/mol. The molecule has 0 bridgehead atoms. The predicted octanol–water partition coefficient (Wildman–Crippen LogP) is 7.34. The van der Waals surface area contributed by atoms with Crippen molar-refractivity contribution in [2.45, 2.75) is 37.5 Å². The summed E-state index contributed by atoms with van der Waals surface area (Å²) in [6.07, 6.45) is 4.39. The number of rotatable bonds is 7. The van der Waals surface area contributed by atoms with E-state index in [1.165, 1.54) is 16.7 Å². The molecule has 2 aliphatic heterocycles. The van der Waals surface area contributed by atoms with E-state index in [1.807, 2.05) is 42.5 Å². The van der Waals surface area contributed by atoms with Gasteiger partial charge in [-0.15, -0.1) is 6.58 Å². The maximum Gasteiger partial charge on any atom is 0.246 e. The number of benzene rings is 4. The van der Waals surface area contributed by atoms with E-state index in [0.29, 0.717) is 45.1 Å². The summed E-state index contributed by atoms with van der Waals surface area (Å²) in [7, 11) is 0. The second-order valence-electron chi connectivity index (χ2n) is 14.1. The number of imide groups is 2. The summed E-state index contributed by atoms with van der Waals surface area (Å²) in [6.45, 7) is 5.31. The molecule has 4 amide bonds. The number of hydrogen-bond donors (Lipinski definition) is 1. The van der Waals surface area contributed by atoms with Gasteiger partial charge in [-0.1, -0.05) is 83.9 Å². The average Bonchev–Trinajstić information content (AvgIpc) is 3.53. The van der Waals surface area contributed by atoms with Crippen LogP contribution in [0.15, 0.2) is 121 Å². The molecule has 2 saturated heterocycles. The van der Waals surface area contributed by atoms with E-state index in [9.17, 15) is 24.3 Å². The third-order valence-corrected chi connectivity index (χ3v) is 11.8. The number of nitrogens with zero attached hydrogens (tertiary/aromatic N) is 2. The minimum Gasteiger partial charge on any atom is -0.507 e. The molecule has 0 aromatic heterocycles. The number of fused-ring (bicyclic) bond motifs is 4. The van der Waals surface area contributed by atoms with Crippen LogP contribution in [0.5, 0.6) is 5.75 Å². The lowest BCUT2D eigenvalue weighted by atomic mass is 9.49. The van der Waals surface area contributed by atoms with Gasteiger partial charge in [-0.25, -0.2) is 4.90 Å². The van der Waals surface area contributed by atoms with Crippen LogP contribution in [0.3, 0.4) is 0 Å². The summed E-state index contributed by atoms with van der Waals surface area (Å²) in [5.74, 6) is -5.66. The standard InChI is InChI=1S/C43H35ClN2O6/c1-3-9-26-10-7-15-33(38(26)48)37-31-20-21-32-36(41(51)45(39(32)49)29-18-16-25(17-19-29)24(2)47)34(31)23-35-40(50)46(30-14-8-13-28(44)22-30)42(52)43(35,37)27-11-5-4-6-12-27/h3-8,10-20,22,32,34-37,48H,1,9,21,23H2,2H3/t32-,34+,35-,36-,37+,43+/m0/s1. The van der Waals surface area contributed by atoms with Gasteiger partial charge in [-0.2, -0.15) is 0 Å². The number of ketones is 1. The minimum atomic E-state index is -1.51. The molecule has 52 heavy (non-hydrogen) atoms. The first-order valence-electron chi connectivity index (χ1n) is 17.4. The first-order chi connectivity index (χ1) is 25.1. The SMILES string of the molecule is C=CCc1cccc([C@H]2C3=CC[C@@H]4C(=O)N(c5ccc(C(C)=O)cc5)C(=O)[C@@H]4[C@@H]3C[C@H]3C(=O)N(c4cccc(Cl)c4)C(=O)[C@@]23c2ccccc2)c1O. The van der Waals surface area contributed by atoms with E-state index < -0.39 is 46.8 Å². The van der Waals surface area contributed by atoms with Gasteiger partial charge in [0, 0.05) is 22.1 Å². The summed E-state index contributed by atoms with van der Waals surface area (Å²) in [5.41, 5.74) is 2.09. The van der Waals surface area contributed by atoms with E-state index in [2.05, 4.69) is 6.58 Å². The Kier molecular flexibility index (Phi) is 8.10. The van der Waals surface area contributed by atoms with E-state index in [-0.39, 0.29) is 36.2 Å². The highest BCUT2D eigenvalue weighted by molar-refractivity contribution is 6.32. The molecular formula is C43H35ClN2O6. The zero-order valence-electron chi connectivity index (χ0n) is 28.4. The summed E-state index contributed by atoms with van der Waals surface area (Å²) in [4.78, 5) is 73.3. The highest BCUT2D eigenvalue weighted by atomic mass is 35.5. The molecule has 4 aromatic carbocycles. The Balaban J connectivity index is 1.35. The number of allylic oxidation sites excluding steroid dienone is 3. The van der Waals surface area contributed by atoms with Crippen molar-refractivity contribution in [3.05, 3.63) is 149 Å². The number of halogens is 1. The zero-order chi connectivity index (χ0) is 36.5. The van der Waals surface area contributed by atoms with Crippen LogP contribution in [0.1, 0.15) is 52.7 Å². The fraction of sp³-hybridized carbons (Fsp3) is 0.233. The molecule has 1 N–H and O–H groups in total. The number of carbonyl (C=O) groups is 5. The molecule has 2 heterocycles. The van der Waals surface area contributed by atoms with Crippen LogP contribution in [0.4, 0.5) is 11.4 Å². The van der Waals surface area contributed by atoms with Crippen molar-refractivity contribution in [3.8, 4) is 5.75 Å². The Hall–Kier alpha value is -5.60. The molecule has 1 saturated carbocycles. The molecule has 4 aromatic rings. The van der Waals surface area contributed by atoms with Gasteiger partial charge in [0.25, 0.3) is 0 Å². The molecule has 8 nitrogen and oxygen atoms in total. The third kappa shape index (κ3) is 4.77. The van der Waals surface area contributed by atoms with Gasteiger partial charge in [-0.05, 0) is 85.7 Å². The van der Waals surface area contributed by atoms with Gasteiger partial charge in [-0.3, -0.25) is 28.9 Å². The molecule has 0 unspecified atom stereocenters. The summed E-state index contributed by atoms with van der Waals surface area (Å²) in [5, 5.41) is 12.4. The second-order valence-corrected chi connectivity index (χ2v) is 14.5. The van der Waals surface area contributed by atoms with Crippen molar-refractivity contribution < 1.29 is 29.1 Å². The molecule has 2 aliphatic carbocycles. The van der Waals surface area contributed by atoms with Crippen molar-refractivity contribution in [1.29, 1.82) is 0 Å². The van der Waals surface area contributed by atoms with Crippen molar-refractivity contribution in [3.63, 3.8) is 0 Å². The molecule has 0 radical (unpaired) electrons. The second kappa shape index (κ2) is 12.6. The molecule has 8 rings (SSSR count). The predicted molar refractivity (Wildman–Crippen MR) is 197 cm³/mol. The van der Waals surface area contributed by atoms with Gasteiger partial charge >= 0.3 is 0 Å². The van der Waals surface area contributed by atoms with Crippen LogP contribution in [-0.4, -0.2) is 34.5 Å². The molecule has 6 atom stereocenters. The fourth-order valence-corrected chi connectivity index (χ4v) is 9.54. The van der Waals surface area contributed by atoms with Crippen LogP contribution >= 0.6 is 11.6 Å². The Morgan fingerprint density at radius 2 is 1.60 bits per heavy atom. The lowest BCUT2D eigenvalue weighted by molar-refractivity contribution is -0.127. The number of para-hydroxylation sites is 1. The monoisotopic (exact) mass is 710 g/mol. The van der Waals surface area contributed by atoms with Gasteiger partial charge in [0.15, 0.2) is 5.78 Å². The largest absolute Gasteiger partial charge is 0.507 e. The molecule has 3 fully saturated rings. The summed E-state index contributed by atoms with van der Waals surface area (Å²) >= 11 is 6.40. The normalized spacial score (nSPS) is 26.5. The molecule has 0 spiro atoms. The van der Waals surface area contributed by atoms with Crippen molar-refractivity contribution in [1.82, 2.24) is 0 Å². The van der Waals surface area contributed by atoms with E-state index in [4.69, 9.17) is 11.6 Å². The van der Waals surface area contributed by atoms with Crippen molar-refractivity contribution in [2.24, 2.45) is 23.7 Å². The van der Waals surface area contributed by atoms with E-state index in [1.54, 1.807) is 66.7 Å². The van der Waals surface area contributed by atoms with Crippen molar-refractivity contribution >= 4 is 52.4 Å². The number of phenols is 1. The number of Topliss-reactive ketones (excluding diaryl/α,β-unsaturated/α-hetero) is 1. The Morgan fingerprint density at radius 1 is 0.865 bits per heavy atom. The third-order valence-electron chi connectivity index (χ3n) is 11.5. The molecule has 9 heteroatoms. The number of carbonyl (C=O) groups excluding carboxylic acids is 5. The fourth-order valence-electron chi connectivity index (χ4n) is 9.35. The lowest BCUT2D eigenvalue weighted by Crippen LogP contribution is -2.53. The number of phenolic OH excluding ortho intramolecular Hbond substituents is 1. The van der Waals surface area contributed by atoms with Crippen molar-refractivity contribution in [2.75, 3.05) is 9.80 Å². The van der Waals surface area contributed by atoms with Gasteiger partial charge < -0.3 is 5.11 Å². The highest BCUT2D eigenvalue weighted by Crippen LogP contribution is 2.65. The number of amides is 4. The van der Waals surface area contributed by atoms with Crippen LogP contribution < -0.4 is 9.80 Å². The maximum atomic E-state index is 15.4. The number of aromatic hydroxyl groups is 1. The summed E-state index contributed by atoms with van der Waals surface area (Å²) in [6, 6.07) is 27.6. The molecule has 260 valence electrons. The van der Waals surface area contributed by atoms with Crippen LogP contribution in [-0.2, 0) is 31.0 Å². The maximum absolute atomic E-state index is 15.4. The zero-order valence-corrected chi connectivity index (χ0v) is 29.1. The smallest absolute Gasteiger partial charge is 0.246 e. The first-order valence-corrected chi connectivity index (χ1v) is 17.8. The minimum absolute atomic E-state index is 0.00686. The van der Waals surface area contributed by atoms with Gasteiger partial charge in [0.2, 0.25) is 23.6 Å². The van der Waals surface area contributed by atoms with Gasteiger partial charge in [0.05, 0.1) is 34.5 Å². The number of anilines is 2. The topological polar surface area (TPSA) is 112 Å². The highest BCUT2D eigenvalue weighted by Gasteiger charge is 2.70.